The molecule has 3 aromatic rings. The van der Waals surface area contributed by atoms with Crippen LogP contribution in [0.1, 0.15) is 17.2 Å². The van der Waals surface area contributed by atoms with Crippen LogP contribution in [0, 0.1) is 0 Å². The number of nitrogens with one attached hydrogen (secondary N) is 2. The maximum absolute atomic E-state index is 12.3. The molecule has 0 fully saturated rings. The Morgan fingerprint density at radius 3 is 1.79 bits per heavy atom. The summed E-state index contributed by atoms with van der Waals surface area (Å²) in [7, 11) is -3.76. The van der Waals surface area contributed by atoms with E-state index in [0.717, 1.165) is 11.1 Å². The molecule has 1 amide bonds. The van der Waals surface area contributed by atoms with E-state index >= 15 is 0 Å². The lowest BCUT2D eigenvalue weighted by atomic mass is 9.99. The molecule has 6 nitrogen and oxygen atoms in total. The van der Waals surface area contributed by atoms with Gasteiger partial charge in [0.1, 0.15) is 0 Å². The predicted molar refractivity (Wildman–Crippen MR) is 109 cm³/mol. The van der Waals surface area contributed by atoms with E-state index in [1.54, 1.807) is 0 Å². The van der Waals surface area contributed by atoms with Gasteiger partial charge in [0.2, 0.25) is 15.9 Å². The van der Waals surface area contributed by atoms with Gasteiger partial charge >= 0.3 is 0 Å². The van der Waals surface area contributed by atoms with Crippen molar-refractivity contribution in [3.05, 3.63) is 96.1 Å². The van der Waals surface area contributed by atoms with Crippen LogP contribution in [0.4, 0.5) is 5.69 Å². The Balaban J connectivity index is 1.67. The Hall–Kier alpha value is -3.00. The third-order valence-corrected chi connectivity index (χ3v) is 5.13. The van der Waals surface area contributed by atoms with E-state index in [2.05, 4.69) is 10.6 Å². The quantitative estimate of drug-likeness (QED) is 0.572. The van der Waals surface area contributed by atoms with Crippen LogP contribution in [0.15, 0.2) is 89.8 Å². The third-order valence-electron chi connectivity index (χ3n) is 4.20. The van der Waals surface area contributed by atoms with Crippen molar-refractivity contribution in [2.24, 2.45) is 5.14 Å². The van der Waals surface area contributed by atoms with Gasteiger partial charge in [-0.2, -0.15) is 0 Å². The van der Waals surface area contributed by atoms with Gasteiger partial charge in [-0.3, -0.25) is 10.1 Å². The van der Waals surface area contributed by atoms with E-state index in [9.17, 15) is 13.2 Å². The Bertz CT molecular complexity index is 982. The summed E-state index contributed by atoms with van der Waals surface area (Å²) in [5, 5.41) is 11.1. The van der Waals surface area contributed by atoms with Crippen molar-refractivity contribution in [2.45, 2.75) is 10.9 Å². The van der Waals surface area contributed by atoms with Gasteiger partial charge in [-0.1, -0.05) is 60.7 Å². The van der Waals surface area contributed by atoms with Crippen LogP contribution in [0.3, 0.4) is 0 Å². The molecule has 28 heavy (non-hydrogen) atoms. The van der Waals surface area contributed by atoms with Crippen LogP contribution in [-0.2, 0) is 14.8 Å². The van der Waals surface area contributed by atoms with Crippen LogP contribution in [0.2, 0.25) is 0 Å². The minimum atomic E-state index is -3.76. The van der Waals surface area contributed by atoms with Crippen molar-refractivity contribution in [1.82, 2.24) is 5.32 Å². The molecule has 0 spiro atoms. The normalized spacial score (nSPS) is 11.4. The zero-order valence-electron chi connectivity index (χ0n) is 15.1. The number of sulfonamides is 1. The molecule has 7 heteroatoms. The molecule has 0 bridgehead atoms. The first-order valence-electron chi connectivity index (χ1n) is 8.69. The molecule has 4 N–H and O–H groups in total. The van der Waals surface area contributed by atoms with E-state index in [1.807, 2.05) is 60.7 Å². The molecule has 144 valence electrons. The van der Waals surface area contributed by atoms with Crippen LogP contribution < -0.4 is 15.8 Å². The second-order valence-electron chi connectivity index (χ2n) is 6.25. The molecule has 0 saturated carbocycles. The largest absolute Gasteiger partial charge is 0.325 e. The lowest BCUT2D eigenvalue weighted by Gasteiger charge is -2.19. The highest BCUT2D eigenvalue weighted by atomic mass is 32.2. The molecule has 0 atom stereocenters. The smallest absolute Gasteiger partial charge is 0.238 e. The van der Waals surface area contributed by atoms with Gasteiger partial charge < -0.3 is 5.32 Å². The van der Waals surface area contributed by atoms with Crippen LogP contribution in [0.25, 0.3) is 0 Å². The summed E-state index contributed by atoms with van der Waals surface area (Å²) in [6.07, 6.45) is 0. The molecular weight excluding hydrogens is 374 g/mol. The molecule has 0 radical (unpaired) electrons. The van der Waals surface area contributed by atoms with E-state index in [4.69, 9.17) is 5.14 Å². The van der Waals surface area contributed by atoms with E-state index in [-0.39, 0.29) is 23.4 Å². The molecule has 0 aliphatic heterocycles. The standard InChI is InChI=1S/C21H21N3O3S/c22-28(26,27)19-13-11-18(12-14-19)24-20(25)15-23-21(16-7-3-1-4-8-16)17-9-5-2-6-10-17/h1-14,21,23H,15H2,(H,24,25)(H2,22,26,27). The van der Waals surface area contributed by atoms with Gasteiger partial charge in [0.15, 0.2) is 0 Å². The fraction of sp³-hybridized carbons (Fsp3) is 0.0952. The monoisotopic (exact) mass is 395 g/mol. The molecule has 0 aliphatic rings. The van der Waals surface area contributed by atoms with Crippen molar-refractivity contribution in [1.29, 1.82) is 0 Å². The van der Waals surface area contributed by atoms with Crippen molar-refractivity contribution < 1.29 is 13.2 Å². The maximum atomic E-state index is 12.3. The van der Waals surface area contributed by atoms with Crippen molar-refractivity contribution in [2.75, 3.05) is 11.9 Å². The Morgan fingerprint density at radius 2 is 1.32 bits per heavy atom. The van der Waals surface area contributed by atoms with Crippen LogP contribution in [-0.4, -0.2) is 20.9 Å². The van der Waals surface area contributed by atoms with Crippen molar-refractivity contribution >= 4 is 21.6 Å². The summed E-state index contributed by atoms with van der Waals surface area (Å²) in [6.45, 7) is 0.0887. The molecule has 0 aliphatic carbocycles. The van der Waals surface area contributed by atoms with Gasteiger partial charge in [0.05, 0.1) is 17.5 Å². The number of primary sulfonamides is 1. The number of carbonyl (C=O) groups is 1. The van der Waals surface area contributed by atoms with Gasteiger partial charge in [0.25, 0.3) is 0 Å². The summed E-state index contributed by atoms with van der Waals surface area (Å²) in [4.78, 5) is 12.3. The number of carbonyl (C=O) groups excluding carboxylic acids is 1. The Kier molecular flexibility index (Phi) is 6.20. The Morgan fingerprint density at radius 1 is 0.821 bits per heavy atom. The molecule has 3 aromatic carbocycles. The topological polar surface area (TPSA) is 101 Å². The lowest BCUT2D eigenvalue weighted by molar-refractivity contribution is -0.115. The summed E-state index contributed by atoms with van der Waals surface area (Å²) in [5.41, 5.74) is 2.60. The molecule has 0 heterocycles. The molecular formula is C21H21N3O3S. The average molecular weight is 395 g/mol. The Labute approximate surface area is 164 Å². The average Bonchev–Trinajstić information content (AvgIpc) is 2.69. The highest BCUT2D eigenvalue weighted by Crippen LogP contribution is 2.21. The molecule has 0 saturated heterocycles. The second kappa shape index (κ2) is 8.79. The predicted octanol–water partition coefficient (Wildman–Crippen LogP) is 2.65. The molecule has 3 rings (SSSR count). The maximum Gasteiger partial charge on any atom is 0.238 e. The first-order valence-corrected chi connectivity index (χ1v) is 10.2. The van der Waals surface area contributed by atoms with Gasteiger partial charge in [-0.15, -0.1) is 0 Å². The zero-order chi connectivity index (χ0) is 20.0. The highest BCUT2D eigenvalue weighted by Gasteiger charge is 2.15. The fourth-order valence-corrected chi connectivity index (χ4v) is 3.36. The van der Waals surface area contributed by atoms with E-state index in [1.165, 1.54) is 24.3 Å². The number of rotatable bonds is 7. The molecule has 0 aromatic heterocycles. The second-order valence-corrected chi connectivity index (χ2v) is 7.81. The summed E-state index contributed by atoms with van der Waals surface area (Å²) >= 11 is 0. The fourth-order valence-electron chi connectivity index (χ4n) is 2.85. The van der Waals surface area contributed by atoms with Gasteiger partial charge in [0, 0.05) is 5.69 Å². The summed E-state index contributed by atoms with van der Waals surface area (Å²) in [5.74, 6) is -0.236. The first-order chi connectivity index (χ1) is 13.4. The zero-order valence-corrected chi connectivity index (χ0v) is 15.9. The van der Waals surface area contributed by atoms with Crippen LogP contribution in [0.5, 0.6) is 0 Å². The molecule has 0 unspecified atom stereocenters. The van der Waals surface area contributed by atoms with E-state index < -0.39 is 10.0 Å². The van der Waals surface area contributed by atoms with Crippen molar-refractivity contribution in [3.63, 3.8) is 0 Å². The first kappa shape index (κ1) is 19.8. The lowest BCUT2D eigenvalue weighted by Crippen LogP contribution is -2.31. The number of anilines is 1. The minimum Gasteiger partial charge on any atom is -0.325 e. The third kappa shape index (κ3) is 5.26. The SMILES string of the molecule is NS(=O)(=O)c1ccc(NC(=O)CNC(c2ccccc2)c2ccccc2)cc1. The minimum absolute atomic E-state index is 0.00292. The van der Waals surface area contributed by atoms with Gasteiger partial charge in [-0.25, -0.2) is 13.6 Å². The number of benzene rings is 3. The number of nitrogens with two attached hydrogens (primary N) is 1. The van der Waals surface area contributed by atoms with Crippen molar-refractivity contribution in [3.8, 4) is 0 Å². The number of amides is 1. The number of hydrogen-bond acceptors (Lipinski definition) is 4. The number of hydrogen-bond donors (Lipinski definition) is 3. The van der Waals surface area contributed by atoms with Crippen LogP contribution >= 0.6 is 0 Å². The van der Waals surface area contributed by atoms with E-state index in [0.29, 0.717) is 5.69 Å². The van der Waals surface area contributed by atoms with Gasteiger partial charge in [-0.05, 0) is 35.4 Å². The summed E-state index contributed by atoms with van der Waals surface area (Å²) in [6, 6.07) is 25.4. The highest BCUT2D eigenvalue weighted by molar-refractivity contribution is 7.89. The summed E-state index contributed by atoms with van der Waals surface area (Å²) < 4.78 is 22.6.